The van der Waals surface area contributed by atoms with E-state index in [0.717, 1.165) is 23.6 Å². The Hall–Kier alpha value is -3.07. The number of nitrogens with one attached hydrogen (secondary N) is 1. The zero-order valence-electron chi connectivity index (χ0n) is 15.9. The third kappa shape index (κ3) is 3.53. The summed E-state index contributed by atoms with van der Waals surface area (Å²) in [5.74, 6) is 0.0398. The van der Waals surface area contributed by atoms with Crippen LogP contribution < -0.4 is 5.32 Å². The van der Waals surface area contributed by atoms with Gasteiger partial charge in [-0.05, 0) is 25.0 Å². The fourth-order valence-corrected chi connectivity index (χ4v) is 4.34. The Morgan fingerprint density at radius 2 is 1.79 bits per heavy atom. The number of carbonyl (C=O) groups excluding carboxylic acids is 2. The van der Waals surface area contributed by atoms with E-state index in [9.17, 15) is 14.9 Å². The Morgan fingerprint density at radius 3 is 2.50 bits per heavy atom. The quantitative estimate of drug-likeness (QED) is 0.868. The Kier molecular flexibility index (Phi) is 5.16. The smallest absolute Gasteiger partial charge is 0.322 e. The maximum atomic E-state index is 12.8. The molecule has 0 aromatic heterocycles. The molecular weight excluding hydrogens is 352 g/mol. The second kappa shape index (κ2) is 7.89. The third-order valence-corrected chi connectivity index (χ3v) is 5.85. The maximum absolute atomic E-state index is 12.8. The lowest BCUT2D eigenvalue weighted by molar-refractivity contribution is -0.138. The zero-order valence-corrected chi connectivity index (χ0v) is 15.9. The average molecular weight is 376 g/mol. The first-order valence-electron chi connectivity index (χ1n) is 9.94. The number of rotatable bonds is 2. The van der Waals surface area contributed by atoms with Crippen molar-refractivity contribution in [3.05, 3.63) is 42.0 Å². The summed E-state index contributed by atoms with van der Waals surface area (Å²) in [6, 6.07) is 13.2. The predicted octanol–water partition coefficient (Wildman–Crippen LogP) is 3.72. The SMILES string of the molecule is N#Cc1ccc(NC(=O)N2CCN(C3CCCCC3)C(=O)C2)c2ccccc12. The molecule has 3 amide bonds. The molecule has 1 heterocycles. The van der Waals surface area contributed by atoms with Gasteiger partial charge in [0.25, 0.3) is 0 Å². The second-order valence-electron chi connectivity index (χ2n) is 7.55. The summed E-state index contributed by atoms with van der Waals surface area (Å²) < 4.78 is 0. The van der Waals surface area contributed by atoms with Crippen molar-refractivity contribution < 1.29 is 9.59 Å². The lowest BCUT2D eigenvalue weighted by atomic mass is 9.93. The van der Waals surface area contributed by atoms with Gasteiger partial charge in [-0.1, -0.05) is 43.5 Å². The van der Waals surface area contributed by atoms with Crippen molar-refractivity contribution in [3.63, 3.8) is 0 Å². The molecule has 2 aliphatic rings. The van der Waals surface area contributed by atoms with Crippen molar-refractivity contribution in [2.45, 2.75) is 38.1 Å². The Bertz CT molecular complexity index is 943. The van der Waals surface area contributed by atoms with Crippen LogP contribution in [0.4, 0.5) is 10.5 Å². The van der Waals surface area contributed by atoms with E-state index in [1.165, 1.54) is 19.3 Å². The summed E-state index contributed by atoms with van der Waals surface area (Å²) in [6.45, 7) is 1.27. The van der Waals surface area contributed by atoms with Gasteiger partial charge >= 0.3 is 6.03 Å². The minimum atomic E-state index is -0.272. The van der Waals surface area contributed by atoms with E-state index in [2.05, 4.69) is 11.4 Å². The van der Waals surface area contributed by atoms with E-state index < -0.39 is 0 Å². The Morgan fingerprint density at radius 1 is 1.04 bits per heavy atom. The number of urea groups is 1. The summed E-state index contributed by atoms with van der Waals surface area (Å²) in [7, 11) is 0. The number of hydrogen-bond donors (Lipinski definition) is 1. The summed E-state index contributed by atoms with van der Waals surface area (Å²) in [5.41, 5.74) is 1.23. The average Bonchev–Trinajstić information content (AvgIpc) is 2.74. The van der Waals surface area contributed by atoms with Crippen molar-refractivity contribution in [2.24, 2.45) is 0 Å². The van der Waals surface area contributed by atoms with E-state index in [4.69, 9.17) is 0 Å². The van der Waals surface area contributed by atoms with Crippen LogP contribution in [-0.2, 0) is 4.79 Å². The Balaban J connectivity index is 1.46. The first-order valence-corrected chi connectivity index (χ1v) is 9.94. The van der Waals surface area contributed by atoms with Crippen molar-refractivity contribution in [1.82, 2.24) is 9.80 Å². The summed E-state index contributed by atoms with van der Waals surface area (Å²) in [6.07, 6.45) is 5.78. The second-order valence-corrected chi connectivity index (χ2v) is 7.55. The van der Waals surface area contributed by atoms with E-state index in [1.54, 1.807) is 17.0 Å². The number of benzene rings is 2. The number of fused-ring (bicyclic) bond motifs is 1. The van der Waals surface area contributed by atoms with Crippen molar-refractivity contribution in [1.29, 1.82) is 5.26 Å². The van der Waals surface area contributed by atoms with E-state index in [0.29, 0.717) is 30.4 Å². The highest BCUT2D eigenvalue weighted by Gasteiger charge is 2.32. The number of anilines is 1. The van der Waals surface area contributed by atoms with Crippen LogP contribution in [0.25, 0.3) is 10.8 Å². The van der Waals surface area contributed by atoms with Gasteiger partial charge in [-0.15, -0.1) is 0 Å². The highest BCUT2D eigenvalue weighted by Crippen LogP contribution is 2.27. The molecule has 1 aliphatic heterocycles. The summed E-state index contributed by atoms with van der Waals surface area (Å²) >= 11 is 0. The minimum absolute atomic E-state index is 0.0398. The molecule has 0 atom stereocenters. The molecular formula is C22H24N4O2. The topological polar surface area (TPSA) is 76.4 Å². The van der Waals surface area contributed by atoms with Crippen molar-refractivity contribution in [3.8, 4) is 6.07 Å². The van der Waals surface area contributed by atoms with Gasteiger partial charge in [0, 0.05) is 29.9 Å². The first kappa shape index (κ1) is 18.3. The molecule has 6 heteroatoms. The minimum Gasteiger partial charge on any atom is -0.336 e. The molecule has 1 aliphatic carbocycles. The number of nitrogens with zero attached hydrogens (tertiary/aromatic N) is 3. The van der Waals surface area contributed by atoms with Crippen molar-refractivity contribution >= 4 is 28.4 Å². The highest BCUT2D eigenvalue weighted by molar-refractivity contribution is 6.04. The molecule has 4 rings (SSSR count). The predicted molar refractivity (Wildman–Crippen MR) is 108 cm³/mol. The number of piperazine rings is 1. The normalized spacial score (nSPS) is 18.2. The molecule has 1 saturated heterocycles. The molecule has 6 nitrogen and oxygen atoms in total. The maximum Gasteiger partial charge on any atom is 0.322 e. The third-order valence-electron chi connectivity index (χ3n) is 5.85. The lowest BCUT2D eigenvalue weighted by Gasteiger charge is -2.40. The summed E-state index contributed by atoms with van der Waals surface area (Å²) in [5, 5.41) is 13.8. The van der Waals surface area contributed by atoms with Crippen molar-refractivity contribution in [2.75, 3.05) is 25.0 Å². The molecule has 0 spiro atoms. The number of carbonyl (C=O) groups is 2. The van der Waals surface area contributed by atoms with Gasteiger partial charge in [0.15, 0.2) is 0 Å². The van der Waals surface area contributed by atoms with Crippen LogP contribution in [0.5, 0.6) is 0 Å². The van der Waals surface area contributed by atoms with Crippen LogP contribution in [0.1, 0.15) is 37.7 Å². The molecule has 2 aromatic rings. The van der Waals surface area contributed by atoms with Gasteiger partial charge in [0.05, 0.1) is 17.3 Å². The monoisotopic (exact) mass is 376 g/mol. The van der Waals surface area contributed by atoms with Crippen LogP contribution in [0, 0.1) is 11.3 Å². The molecule has 0 unspecified atom stereocenters. The fraction of sp³-hybridized carbons (Fsp3) is 0.409. The molecule has 2 aromatic carbocycles. The molecule has 144 valence electrons. The zero-order chi connectivity index (χ0) is 19.5. The molecule has 0 radical (unpaired) electrons. The standard InChI is InChI=1S/C22H24N4O2/c23-14-16-10-11-20(19-9-5-4-8-18(16)19)24-22(28)25-12-13-26(21(27)15-25)17-6-2-1-3-7-17/h4-5,8-11,17H,1-3,6-7,12-13,15H2,(H,24,28). The van der Waals surface area contributed by atoms with E-state index in [-0.39, 0.29) is 18.5 Å². The Labute approximate surface area is 164 Å². The highest BCUT2D eigenvalue weighted by atomic mass is 16.2. The number of nitriles is 1. The molecule has 0 bridgehead atoms. The van der Waals surface area contributed by atoms with Gasteiger partial charge in [0.2, 0.25) is 5.91 Å². The van der Waals surface area contributed by atoms with Gasteiger partial charge in [-0.2, -0.15) is 5.26 Å². The summed E-state index contributed by atoms with van der Waals surface area (Å²) in [4.78, 5) is 28.9. The van der Waals surface area contributed by atoms with Gasteiger partial charge in [0.1, 0.15) is 6.54 Å². The number of amides is 3. The van der Waals surface area contributed by atoms with Crippen LogP contribution in [0.2, 0.25) is 0 Å². The van der Waals surface area contributed by atoms with E-state index >= 15 is 0 Å². The molecule has 28 heavy (non-hydrogen) atoms. The fourth-order valence-electron chi connectivity index (χ4n) is 4.34. The largest absolute Gasteiger partial charge is 0.336 e. The van der Waals surface area contributed by atoms with Gasteiger partial charge in [-0.3, -0.25) is 4.79 Å². The van der Waals surface area contributed by atoms with Crippen LogP contribution in [-0.4, -0.2) is 47.4 Å². The van der Waals surface area contributed by atoms with Crippen LogP contribution in [0.15, 0.2) is 36.4 Å². The molecule has 1 N–H and O–H groups in total. The first-order chi connectivity index (χ1) is 13.7. The lowest BCUT2D eigenvalue weighted by Crippen LogP contribution is -2.56. The molecule has 1 saturated carbocycles. The number of hydrogen-bond acceptors (Lipinski definition) is 3. The van der Waals surface area contributed by atoms with Gasteiger partial charge < -0.3 is 15.1 Å². The van der Waals surface area contributed by atoms with Gasteiger partial charge in [-0.25, -0.2) is 4.79 Å². The van der Waals surface area contributed by atoms with E-state index in [1.807, 2.05) is 29.2 Å². The van der Waals surface area contributed by atoms with Crippen LogP contribution >= 0.6 is 0 Å². The van der Waals surface area contributed by atoms with Crippen LogP contribution in [0.3, 0.4) is 0 Å². The molecule has 2 fully saturated rings.